The van der Waals surface area contributed by atoms with Gasteiger partial charge in [-0.3, -0.25) is 0 Å². The van der Waals surface area contributed by atoms with Crippen molar-refractivity contribution in [1.29, 1.82) is 0 Å². The van der Waals surface area contributed by atoms with E-state index in [1.165, 1.54) is 11.3 Å². The van der Waals surface area contributed by atoms with Crippen molar-refractivity contribution in [2.24, 2.45) is 11.1 Å². The Morgan fingerprint density at radius 1 is 1.40 bits per heavy atom. The van der Waals surface area contributed by atoms with Crippen LogP contribution in [0.25, 0.3) is 0 Å². The summed E-state index contributed by atoms with van der Waals surface area (Å²) < 4.78 is 27.1. The Labute approximate surface area is 126 Å². The van der Waals surface area contributed by atoms with Crippen LogP contribution in [0.4, 0.5) is 0 Å². The topological polar surface area (TPSA) is 63.4 Å². The van der Waals surface area contributed by atoms with Gasteiger partial charge in [0.2, 0.25) is 10.0 Å². The summed E-state index contributed by atoms with van der Waals surface area (Å²) in [4.78, 5) is 2.22. The van der Waals surface area contributed by atoms with Crippen LogP contribution in [0.5, 0.6) is 0 Å². The minimum absolute atomic E-state index is 0.290. The fourth-order valence-corrected chi connectivity index (χ4v) is 5.56. The molecule has 1 aromatic rings. The van der Waals surface area contributed by atoms with Gasteiger partial charge in [-0.15, -0.1) is 11.3 Å². The van der Waals surface area contributed by atoms with E-state index in [9.17, 15) is 8.42 Å². The van der Waals surface area contributed by atoms with E-state index >= 15 is 0 Å². The Kier molecular flexibility index (Phi) is 4.59. The summed E-state index contributed by atoms with van der Waals surface area (Å²) in [6.07, 6.45) is 2.99. The minimum Gasteiger partial charge on any atom is -0.326 e. The number of hydrogen-bond acceptors (Lipinski definition) is 4. The predicted molar refractivity (Wildman–Crippen MR) is 83.3 cm³/mol. The highest BCUT2D eigenvalue weighted by Crippen LogP contribution is 2.37. The molecule has 114 valence electrons. The first-order chi connectivity index (χ1) is 9.32. The fourth-order valence-electron chi connectivity index (χ4n) is 2.64. The molecule has 1 fully saturated rings. The number of hydrogen-bond donors (Lipinski definition) is 1. The first-order valence-electron chi connectivity index (χ1n) is 7.12. The van der Waals surface area contributed by atoms with Gasteiger partial charge in [-0.1, -0.05) is 20.3 Å². The van der Waals surface area contributed by atoms with Crippen LogP contribution in [0, 0.1) is 12.3 Å². The fraction of sp³-hybridized carbons (Fsp3) is 0.714. The van der Waals surface area contributed by atoms with E-state index < -0.39 is 10.0 Å². The lowest BCUT2D eigenvalue weighted by molar-refractivity contribution is 0.169. The van der Waals surface area contributed by atoms with Gasteiger partial charge in [-0.25, -0.2) is 8.42 Å². The molecular weight excluding hydrogens is 292 g/mol. The average Bonchev–Trinajstić information content (AvgIpc) is 2.81. The number of nitrogens with zero attached hydrogens (tertiary/aromatic N) is 1. The standard InChI is InChI=1S/C14H24N2O2S2/c1-4-14(3)5-7-16(8-6-14)20(17,18)13-9-12(10-15)19-11(13)2/h9H,4-8,10,15H2,1-3H3. The summed E-state index contributed by atoms with van der Waals surface area (Å²) in [5.41, 5.74) is 5.90. The number of nitrogens with two attached hydrogens (primary N) is 1. The van der Waals surface area contributed by atoms with Gasteiger partial charge in [0.05, 0.1) is 4.90 Å². The van der Waals surface area contributed by atoms with Gasteiger partial charge in [0.1, 0.15) is 0 Å². The molecule has 2 rings (SSSR count). The number of aryl methyl sites for hydroxylation is 1. The molecule has 2 heterocycles. The first-order valence-corrected chi connectivity index (χ1v) is 9.37. The van der Waals surface area contributed by atoms with Crippen molar-refractivity contribution in [3.05, 3.63) is 15.8 Å². The molecule has 0 amide bonds. The van der Waals surface area contributed by atoms with Crippen molar-refractivity contribution in [3.63, 3.8) is 0 Å². The SMILES string of the molecule is CCC1(C)CCN(S(=O)(=O)c2cc(CN)sc2C)CC1. The monoisotopic (exact) mass is 316 g/mol. The third-order valence-electron chi connectivity index (χ3n) is 4.53. The minimum atomic E-state index is -3.35. The maximum absolute atomic E-state index is 12.7. The van der Waals surface area contributed by atoms with Crippen molar-refractivity contribution in [3.8, 4) is 0 Å². The molecule has 0 aromatic carbocycles. The maximum atomic E-state index is 12.7. The quantitative estimate of drug-likeness (QED) is 0.929. The van der Waals surface area contributed by atoms with E-state index in [4.69, 9.17) is 5.73 Å². The van der Waals surface area contributed by atoms with Gasteiger partial charge >= 0.3 is 0 Å². The molecule has 0 saturated carbocycles. The molecule has 0 bridgehead atoms. The van der Waals surface area contributed by atoms with E-state index in [0.717, 1.165) is 29.0 Å². The maximum Gasteiger partial charge on any atom is 0.244 e. The smallest absolute Gasteiger partial charge is 0.244 e. The number of thiophene rings is 1. The van der Waals surface area contributed by atoms with Crippen molar-refractivity contribution >= 4 is 21.4 Å². The lowest BCUT2D eigenvalue weighted by atomic mass is 9.79. The number of sulfonamides is 1. The summed E-state index contributed by atoms with van der Waals surface area (Å²) in [5, 5.41) is 0. The van der Waals surface area contributed by atoms with Crippen molar-refractivity contribution in [2.75, 3.05) is 13.1 Å². The van der Waals surface area contributed by atoms with Crippen LogP contribution < -0.4 is 5.73 Å². The lowest BCUT2D eigenvalue weighted by Crippen LogP contribution is -2.41. The predicted octanol–water partition coefficient (Wildman–Crippen LogP) is 2.72. The van der Waals surface area contributed by atoms with Gasteiger partial charge in [0.25, 0.3) is 0 Å². The Bertz CT molecular complexity index is 570. The summed E-state index contributed by atoms with van der Waals surface area (Å²) in [5.74, 6) is 0. The van der Waals surface area contributed by atoms with Crippen LogP contribution in [-0.4, -0.2) is 25.8 Å². The number of rotatable bonds is 4. The van der Waals surface area contributed by atoms with Gasteiger partial charge in [-0.05, 0) is 31.2 Å². The summed E-state index contributed by atoms with van der Waals surface area (Å²) >= 11 is 1.48. The summed E-state index contributed by atoms with van der Waals surface area (Å²) in [7, 11) is -3.35. The third kappa shape index (κ3) is 2.93. The summed E-state index contributed by atoms with van der Waals surface area (Å²) in [6.45, 7) is 7.94. The average molecular weight is 316 g/mol. The normalized spacial score (nSPS) is 20.2. The Balaban J connectivity index is 2.21. The van der Waals surface area contributed by atoms with E-state index in [0.29, 0.717) is 24.5 Å². The molecule has 2 N–H and O–H groups in total. The van der Waals surface area contributed by atoms with Crippen molar-refractivity contribution < 1.29 is 8.42 Å². The second kappa shape index (κ2) is 5.75. The Morgan fingerprint density at radius 3 is 2.45 bits per heavy atom. The number of piperidine rings is 1. The van der Waals surface area contributed by atoms with Crippen LogP contribution in [0.1, 0.15) is 42.9 Å². The molecule has 1 saturated heterocycles. The van der Waals surface area contributed by atoms with Crippen LogP contribution in [0.15, 0.2) is 11.0 Å². The zero-order valence-electron chi connectivity index (χ0n) is 12.5. The van der Waals surface area contributed by atoms with Gasteiger partial charge in [-0.2, -0.15) is 4.31 Å². The van der Waals surface area contributed by atoms with Crippen LogP contribution >= 0.6 is 11.3 Å². The van der Waals surface area contributed by atoms with Crippen molar-refractivity contribution in [1.82, 2.24) is 4.31 Å². The molecule has 4 nitrogen and oxygen atoms in total. The zero-order chi connectivity index (χ0) is 15.0. The Hall–Kier alpha value is -0.430. The van der Waals surface area contributed by atoms with Crippen LogP contribution in [-0.2, 0) is 16.6 Å². The molecule has 1 aliphatic heterocycles. The molecule has 20 heavy (non-hydrogen) atoms. The molecule has 0 unspecified atom stereocenters. The van der Waals surface area contributed by atoms with E-state index in [2.05, 4.69) is 13.8 Å². The van der Waals surface area contributed by atoms with E-state index in [-0.39, 0.29) is 5.41 Å². The Morgan fingerprint density at radius 2 is 2.00 bits per heavy atom. The van der Waals surface area contributed by atoms with Crippen molar-refractivity contribution in [2.45, 2.75) is 51.5 Å². The molecule has 0 aliphatic carbocycles. The molecule has 0 atom stereocenters. The van der Waals surface area contributed by atoms with Crippen LogP contribution in [0.2, 0.25) is 0 Å². The molecule has 6 heteroatoms. The largest absolute Gasteiger partial charge is 0.326 e. The molecule has 0 spiro atoms. The van der Waals surface area contributed by atoms with E-state index in [1.54, 1.807) is 10.4 Å². The van der Waals surface area contributed by atoms with E-state index in [1.807, 2.05) is 6.92 Å². The summed E-state index contributed by atoms with van der Waals surface area (Å²) in [6, 6.07) is 1.74. The highest BCUT2D eigenvalue weighted by Gasteiger charge is 2.35. The lowest BCUT2D eigenvalue weighted by Gasteiger charge is -2.38. The molecule has 1 aromatic heterocycles. The molecule has 0 radical (unpaired) electrons. The first kappa shape index (κ1) is 15.9. The third-order valence-corrected chi connectivity index (χ3v) is 7.75. The highest BCUT2D eigenvalue weighted by atomic mass is 32.2. The second-order valence-electron chi connectivity index (χ2n) is 5.91. The van der Waals surface area contributed by atoms with Crippen LogP contribution in [0.3, 0.4) is 0 Å². The molecular formula is C14H24N2O2S2. The second-order valence-corrected chi connectivity index (χ2v) is 9.15. The zero-order valence-corrected chi connectivity index (χ0v) is 14.1. The van der Waals surface area contributed by atoms with Gasteiger partial charge < -0.3 is 5.73 Å². The van der Waals surface area contributed by atoms with Gasteiger partial charge in [0, 0.05) is 29.4 Å². The van der Waals surface area contributed by atoms with Gasteiger partial charge in [0.15, 0.2) is 0 Å². The highest BCUT2D eigenvalue weighted by molar-refractivity contribution is 7.89. The molecule has 1 aliphatic rings.